The monoisotopic (exact) mass is 291 g/mol. The fourth-order valence-electron chi connectivity index (χ4n) is 2.91. The van der Waals surface area contributed by atoms with E-state index < -0.39 is 0 Å². The number of nitrogen functional groups attached to an aromatic ring is 1. The van der Waals surface area contributed by atoms with Crippen molar-refractivity contribution >= 4 is 17.3 Å². The van der Waals surface area contributed by atoms with Gasteiger partial charge in [-0.25, -0.2) is 0 Å². The summed E-state index contributed by atoms with van der Waals surface area (Å²) in [5.41, 5.74) is 7.16. The lowest BCUT2D eigenvalue weighted by Gasteiger charge is -2.04. The second-order valence-electron chi connectivity index (χ2n) is 5.44. The van der Waals surface area contributed by atoms with Crippen LogP contribution in [0.5, 0.6) is 0 Å². The molecule has 1 heterocycles. The summed E-state index contributed by atoms with van der Waals surface area (Å²) in [5.74, 6) is 2.46. The molecule has 2 N–H and O–H groups in total. The third-order valence-corrected chi connectivity index (χ3v) is 4.54. The molecule has 1 aromatic carbocycles. The van der Waals surface area contributed by atoms with E-state index in [1.54, 1.807) is 6.07 Å². The lowest BCUT2D eigenvalue weighted by Crippen LogP contribution is -1.97. The van der Waals surface area contributed by atoms with Gasteiger partial charge in [0.25, 0.3) is 5.89 Å². The predicted octanol–water partition coefficient (Wildman–Crippen LogP) is 4.27. The van der Waals surface area contributed by atoms with Crippen LogP contribution >= 0.6 is 11.6 Å². The van der Waals surface area contributed by atoms with Crippen molar-refractivity contribution in [2.24, 2.45) is 5.92 Å². The van der Waals surface area contributed by atoms with E-state index in [0.29, 0.717) is 28.1 Å². The van der Waals surface area contributed by atoms with E-state index in [-0.39, 0.29) is 0 Å². The minimum absolute atomic E-state index is 0.415. The molecule has 1 saturated carbocycles. The quantitative estimate of drug-likeness (QED) is 0.858. The van der Waals surface area contributed by atoms with Crippen LogP contribution in [-0.4, -0.2) is 10.1 Å². The number of benzene rings is 1. The van der Waals surface area contributed by atoms with Crippen LogP contribution < -0.4 is 5.73 Å². The Bertz CT molecular complexity index is 611. The van der Waals surface area contributed by atoms with Crippen LogP contribution in [0.2, 0.25) is 5.02 Å². The van der Waals surface area contributed by atoms with Gasteiger partial charge in [-0.05, 0) is 37.3 Å². The Morgan fingerprint density at radius 2 is 2.25 bits per heavy atom. The van der Waals surface area contributed by atoms with Gasteiger partial charge in [0, 0.05) is 5.92 Å². The molecule has 1 aromatic heterocycles. The maximum Gasteiger partial charge on any atom is 0.260 e. The Morgan fingerprint density at radius 1 is 1.40 bits per heavy atom. The van der Waals surface area contributed by atoms with Gasteiger partial charge in [-0.15, -0.1) is 0 Å². The van der Waals surface area contributed by atoms with Crippen molar-refractivity contribution in [3.63, 3.8) is 0 Å². The molecule has 0 bridgehead atoms. The number of anilines is 1. The van der Waals surface area contributed by atoms with Crippen LogP contribution in [0.1, 0.15) is 44.3 Å². The normalized spacial score (nSPS) is 22.3. The number of nitrogens with zero attached hydrogens (tertiary/aromatic N) is 2. The van der Waals surface area contributed by atoms with Crippen molar-refractivity contribution in [1.29, 1.82) is 0 Å². The van der Waals surface area contributed by atoms with E-state index in [1.165, 1.54) is 12.8 Å². The number of halogens is 1. The Kier molecular flexibility index (Phi) is 3.66. The van der Waals surface area contributed by atoms with Gasteiger partial charge in [0.05, 0.1) is 16.3 Å². The highest BCUT2D eigenvalue weighted by Gasteiger charge is 2.28. The summed E-state index contributed by atoms with van der Waals surface area (Å²) < 4.78 is 5.37. The molecule has 2 atom stereocenters. The molecular formula is C15H18ClN3O. The van der Waals surface area contributed by atoms with Crippen molar-refractivity contribution in [3.8, 4) is 11.5 Å². The average Bonchev–Trinajstić information content (AvgIpc) is 3.09. The number of para-hydroxylation sites is 1. The molecule has 4 nitrogen and oxygen atoms in total. The Balaban J connectivity index is 1.85. The number of aromatic nitrogens is 2. The first-order valence-corrected chi connectivity index (χ1v) is 7.44. The standard InChI is InChI=1S/C15H18ClN3O/c1-2-9-6-7-10(8-9)14-18-15(20-19-14)11-4-3-5-12(16)13(11)17/h3-5,9-10H,2,6-8,17H2,1H3. The molecular weight excluding hydrogens is 274 g/mol. The molecule has 0 aliphatic heterocycles. The fourth-order valence-corrected chi connectivity index (χ4v) is 3.09. The molecule has 1 fully saturated rings. The average molecular weight is 292 g/mol. The molecule has 2 aromatic rings. The molecule has 5 heteroatoms. The topological polar surface area (TPSA) is 64.9 Å². The largest absolute Gasteiger partial charge is 0.397 e. The van der Waals surface area contributed by atoms with Crippen molar-refractivity contribution in [1.82, 2.24) is 10.1 Å². The molecule has 0 saturated heterocycles. The first kappa shape index (κ1) is 13.4. The molecule has 1 aliphatic rings. The number of hydrogen-bond acceptors (Lipinski definition) is 4. The minimum atomic E-state index is 0.415. The number of rotatable bonds is 3. The van der Waals surface area contributed by atoms with E-state index in [2.05, 4.69) is 17.1 Å². The first-order chi connectivity index (χ1) is 9.69. The van der Waals surface area contributed by atoms with Crippen LogP contribution in [0, 0.1) is 5.92 Å². The zero-order valence-electron chi connectivity index (χ0n) is 11.5. The van der Waals surface area contributed by atoms with Crippen LogP contribution in [0.3, 0.4) is 0 Å². The van der Waals surface area contributed by atoms with Crippen LogP contribution in [-0.2, 0) is 0 Å². The summed E-state index contributed by atoms with van der Waals surface area (Å²) in [4.78, 5) is 4.52. The maximum absolute atomic E-state index is 6.02. The van der Waals surface area contributed by atoms with Gasteiger partial charge < -0.3 is 10.3 Å². The minimum Gasteiger partial charge on any atom is -0.397 e. The van der Waals surface area contributed by atoms with E-state index in [4.69, 9.17) is 21.9 Å². The van der Waals surface area contributed by atoms with Crippen molar-refractivity contribution < 1.29 is 4.52 Å². The molecule has 0 radical (unpaired) electrons. The van der Waals surface area contributed by atoms with Crippen molar-refractivity contribution in [3.05, 3.63) is 29.0 Å². The SMILES string of the molecule is CCC1CCC(c2noc(-c3cccc(Cl)c3N)n2)C1. The summed E-state index contributed by atoms with van der Waals surface area (Å²) in [6, 6.07) is 5.43. The Labute approximate surface area is 123 Å². The van der Waals surface area contributed by atoms with Gasteiger partial charge in [0.1, 0.15) is 0 Å². The summed E-state index contributed by atoms with van der Waals surface area (Å²) in [7, 11) is 0. The van der Waals surface area contributed by atoms with Gasteiger partial charge >= 0.3 is 0 Å². The van der Waals surface area contributed by atoms with Gasteiger partial charge in [-0.2, -0.15) is 4.98 Å². The van der Waals surface area contributed by atoms with Gasteiger partial charge in [0.15, 0.2) is 5.82 Å². The van der Waals surface area contributed by atoms with E-state index >= 15 is 0 Å². The summed E-state index contributed by atoms with van der Waals surface area (Å²) >= 11 is 6.02. The molecule has 20 heavy (non-hydrogen) atoms. The molecule has 0 amide bonds. The van der Waals surface area contributed by atoms with Crippen LogP contribution in [0.4, 0.5) is 5.69 Å². The van der Waals surface area contributed by atoms with Crippen LogP contribution in [0.25, 0.3) is 11.5 Å². The Hall–Kier alpha value is -1.55. The molecule has 106 valence electrons. The Morgan fingerprint density at radius 3 is 3.00 bits per heavy atom. The highest BCUT2D eigenvalue weighted by Crippen LogP contribution is 2.39. The first-order valence-electron chi connectivity index (χ1n) is 7.07. The van der Waals surface area contributed by atoms with Crippen molar-refractivity contribution in [2.75, 3.05) is 5.73 Å². The van der Waals surface area contributed by atoms with E-state index in [1.807, 2.05) is 12.1 Å². The maximum atomic E-state index is 6.02. The second kappa shape index (κ2) is 5.44. The second-order valence-corrected chi connectivity index (χ2v) is 5.85. The van der Waals surface area contributed by atoms with Crippen molar-refractivity contribution in [2.45, 2.75) is 38.5 Å². The van der Waals surface area contributed by atoms with Gasteiger partial charge in [-0.3, -0.25) is 0 Å². The van der Waals surface area contributed by atoms with Gasteiger partial charge in [0.2, 0.25) is 0 Å². The lowest BCUT2D eigenvalue weighted by atomic mass is 10.0. The molecule has 0 spiro atoms. The summed E-state index contributed by atoms with van der Waals surface area (Å²) in [5, 5.41) is 4.64. The molecule has 3 rings (SSSR count). The fraction of sp³-hybridized carbons (Fsp3) is 0.467. The zero-order chi connectivity index (χ0) is 14.1. The molecule has 1 aliphatic carbocycles. The number of hydrogen-bond donors (Lipinski definition) is 1. The summed E-state index contributed by atoms with van der Waals surface area (Å²) in [6.07, 6.45) is 4.77. The zero-order valence-corrected chi connectivity index (χ0v) is 12.2. The third kappa shape index (κ3) is 2.40. The third-order valence-electron chi connectivity index (χ3n) is 4.21. The molecule has 2 unspecified atom stereocenters. The number of nitrogens with two attached hydrogens (primary N) is 1. The highest BCUT2D eigenvalue weighted by atomic mass is 35.5. The smallest absolute Gasteiger partial charge is 0.260 e. The highest BCUT2D eigenvalue weighted by molar-refractivity contribution is 6.33. The van der Waals surface area contributed by atoms with Crippen LogP contribution in [0.15, 0.2) is 22.7 Å². The van der Waals surface area contributed by atoms with Gasteiger partial charge in [-0.1, -0.05) is 36.2 Å². The van der Waals surface area contributed by atoms with E-state index in [9.17, 15) is 0 Å². The predicted molar refractivity (Wildman–Crippen MR) is 79.5 cm³/mol. The van der Waals surface area contributed by atoms with E-state index in [0.717, 1.165) is 24.6 Å². The summed E-state index contributed by atoms with van der Waals surface area (Å²) in [6.45, 7) is 2.24. The lowest BCUT2D eigenvalue weighted by molar-refractivity contribution is 0.414.